The van der Waals surface area contributed by atoms with Crippen molar-refractivity contribution in [2.45, 2.75) is 26.7 Å². The summed E-state index contributed by atoms with van der Waals surface area (Å²) < 4.78 is 5.95. The van der Waals surface area contributed by atoms with E-state index in [1.54, 1.807) is 11.1 Å². The lowest BCUT2D eigenvalue weighted by Gasteiger charge is -2.26. The fourth-order valence-corrected chi connectivity index (χ4v) is 2.96. The van der Waals surface area contributed by atoms with Crippen LogP contribution in [-0.2, 0) is 4.79 Å². The van der Waals surface area contributed by atoms with Crippen molar-refractivity contribution in [2.75, 3.05) is 11.9 Å². The first-order chi connectivity index (χ1) is 10.4. The van der Waals surface area contributed by atoms with E-state index in [1.807, 2.05) is 43.4 Å². The molecule has 1 aliphatic heterocycles. The van der Waals surface area contributed by atoms with Crippen LogP contribution in [0.2, 0.25) is 0 Å². The smallest absolute Gasteiger partial charge is 0.235 e. The van der Waals surface area contributed by atoms with Crippen LogP contribution in [0.5, 0.6) is 11.6 Å². The van der Waals surface area contributed by atoms with Crippen molar-refractivity contribution in [3.05, 3.63) is 48.2 Å². The number of hydrogen-bond donors (Lipinski definition) is 0. The second-order valence-corrected chi connectivity index (χ2v) is 6.66. The molecule has 0 bridgehead atoms. The Hall–Kier alpha value is -2.36. The molecule has 0 saturated heterocycles. The second-order valence-electron chi connectivity index (χ2n) is 6.66. The maximum absolute atomic E-state index is 12.7. The van der Waals surface area contributed by atoms with E-state index in [0.717, 1.165) is 11.3 Å². The van der Waals surface area contributed by atoms with Crippen LogP contribution < -0.4 is 9.64 Å². The van der Waals surface area contributed by atoms with Crippen LogP contribution in [0.15, 0.2) is 42.6 Å². The minimum atomic E-state index is -0.215. The summed E-state index contributed by atoms with van der Waals surface area (Å²) in [6, 6.07) is 11.3. The summed E-state index contributed by atoms with van der Waals surface area (Å²) in [6.07, 6.45) is 1.69. The van der Waals surface area contributed by atoms with Crippen molar-refractivity contribution in [1.82, 2.24) is 4.98 Å². The lowest BCUT2D eigenvalue weighted by molar-refractivity contribution is -0.121. The lowest BCUT2D eigenvalue weighted by Crippen LogP contribution is -2.30. The van der Waals surface area contributed by atoms with Gasteiger partial charge in [-0.2, -0.15) is 0 Å². The summed E-state index contributed by atoms with van der Waals surface area (Å²) in [6.45, 7) is 6.24. The number of hydrogen-bond acceptors (Lipinski definition) is 3. The minimum Gasteiger partial charge on any atom is -0.439 e. The highest BCUT2D eigenvalue weighted by molar-refractivity contribution is 6.06. The Balaban J connectivity index is 2.10. The van der Waals surface area contributed by atoms with Gasteiger partial charge in [0.1, 0.15) is 5.75 Å². The molecule has 0 saturated carbocycles. The molecule has 2 aromatic rings. The number of benzene rings is 1. The van der Waals surface area contributed by atoms with E-state index in [0.29, 0.717) is 11.6 Å². The zero-order chi connectivity index (χ0) is 15.9. The molecule has 0 radical (unpaired) electrons. The van der Waals surface area contributed by atoms with Gasteiger partial charge in [0.05, 0.1) is 11.6 Å². The van der Waals surface area contributed by atoms with Gasteiger partial charge in [0, 0.05) is 24.9 Å². The van der Waals surface area contributed by atoms with Gasteiger partial charge in [0.15, 0.2) is 0 Å². The topological polar surface area (TPSA) is 42.4 Å². The molecule has 3 rings (SSSR count). The Morgan fingerprint density at radius 2 is 1.91 bits per heavy atom. The number of aromatic nitrogens is 1. The number of amides is 1. The predicted molar refractivity (Wildman–Crippen MR) is 86.4 cm³/mol. The molecule has 4 nitrogen and oxygen atoms in total. The number of anilines is 1. The van der Waals surface area contributed by atoms with E-state index in [1.165, 1.54) is 0 Å². The number of carbonyl (C=O) groups excluding carboxylic acids is 1. The fraction of sp³-hybridized carbons (Fsp3) is 0.333. The standard InChI is InChI=1S/C18H20N2O2/c1-18(2,3)16-15-12(20(4)17(16)21)8-7-9-13(15)22-14-10-5-6-11-19-14/h5-11,16H,1-4H3. The highest BCUT2D eigenvalue weighted by Crippen LogP contribution is 2.50. The van der Waals surface area contributed by atoms with E-state index >= 15 is 0 Å². The first kappa shape index (κ1) is 14.6. The number of carbonyl (C=O) groups is 1. The third-order valence-corrected chi connectivity index (χ3v) is 3.99. The molecular weight excluding hydrogens is 276 g/mol. The van der Waals surface area contributed by atoms with Crippen LogP contribution in [0.25, 0.3) is 0 Å². The monoisotopic (exact) mass is 296 g/mol. The van der Waals surface area contributed by atoms with Gasteiger partial charge in [-0.15, -0.1) is 0 Å². The van der Waals surface area contributed by atoms with Crippen molar-refractivity contribution in [1.29, 1.82) is 0 Å². The van der Waals surface area contributed by atoms with Gasteiger partial charge in [-0.25, -0.2) is 4.98 Å². The fourth-order valence-electron chi connectivity index (χ4n) is 2.96. The number of likely N-dealkylation sites (N-methyl/N-ethyl adjacent to an activating group) is 1. The summed E-state index contributed by atoms with van der Waals surface area (Å²) in [5, 5.41) is 0. The Labute approximate surface area is 130 Å². The van der Waals surface area contributed by atoms with Gasteiger partial charge in [0.2, 0.25) is 11.8 Å². The summed E-state index contributed by atoms with van der Waals surface area (Å²) in [5.74, 6) is 1.13. The molecular formula is C18H20N2O2. The minimum absolute atomic E-state index is 0.111. The molecule has 1 aliphatic rings. The van der Waals surface area contributed by atoms with E-state index in [-0.39, 0.29) is 17.2 Å². The zero-order valence-corrected chi connectivity index (χ0v) is 13.3. The highest BCUT2D eigenvalue weighted by atomic mass is 16.5. The highest BCUT2D eigenvalue weighted by Gasteiger charge is 2.44. The van der Waals surface area contributed by atoms with Crippen LogP contribution in [0.3, 0.4) is 0 Å². The molecule has 0 fully saturated rings. The summed E-state index contributed by atoms with van der Waals surface area (Å²) >= 11 is 0. The number of ether oxygens (including phenoxy) is 1. The Bertz CT molecular complexity index is 705. The molecule has 0 aliphatic carbocycles. The maximum atomic E-state index is 12.7. The molecule has 1 atom stereocenters. The van der Waals surface area contributed by atoms with Crippen LogP contribution >= 0.6 is 0 Å². The molecule has 0 spiro atoms. The predicted octanol–water partition coefficient (Wildman–Crippen LogP) is 3.98. The van der Waals surface area contributed by atoms with E-state index in [2.05, 4.69) is 25.8 Å². The van der Waals surface area contributed by atoms with Crippen molar-refractivity contribution in [3.8, 4) is 11.6 Å². The Kier molecular flexibility index (Phi) is 3.39. The Morgan fingerprint density at radius 3 is 2.55 bits per heavy atom. The third kappa shape index (κ3) is 2.34. The molecule has 2 heterocycles. The molecule has 4 heteroatoms. The van der Waals surface area contributed by atoms with Crippen LogP contribution in [0.4, 0.5) is 5.69 Å². The average molecular weight is 296 g/mol. The van der Waals surface area contributed by atoms with Crippen molar-refractivity contribution in [3.63, 3.8) is 0 Å². The van der Waals surface area contributed by atoms with Crippen LogP contribution in [0.1, 0.15) is 32.3 Å². The largest absolute Gasteiger partial charge is 0.439 e. The quantitative estimate of drug-likeness (QED) is 0.842. The van der Waals surface area contributed by atoms with Gasteiger partial charge in [-0.3, -0.25) is 4.79 Å². The van der Waals surface area contributed by atoms with E-state index in [9.17, 15) is 4.79 Å². The van der Waals surface area contributed by atoms with E-state index in [4.69, 9.17) is 4.74 Å². The van der Waals surface area contributed by atoms with Crippen molar-refractivity contribution < 1.29 is 9.53 Å². The van der Waals surface area contributed by atoms with Crippen molar-refractivity contribution in [2.24, 2.45) is 5.41 Å². The molecule has 1 amide bonds. The first-order valence-corrected chi connectivity index (χ1v) is 7.39. The molecule has 1 aromatic heterocycles. The van der Waals surface area contributed by atoms with Gasteiger partial charge < -0.3 is 9.64 Å². The molecule has 114 valence electrons. The van der Waals surface area contributed by atoms with E-state index < -0.39 is 0 Å². The number of fused-ring (bicyclic) bond motifs is 1. The van der Waals surface area contributed by atoms with Gasteiger partial charge in [0.25, 0.3) is 0 Å². The molecule has 0 N–H and O–H groups in total. The number of nitrogens with zero attached hydrogens (tertiary/aromatic N) is 2. The van der Waals surface area contributed by atoms with Crippen LogP contribution in [0, 0.1) is 5.41 Å². The summed E-state index contributed by atoms with van der Waals surface area (Å²) in [7, 11) is 1.82. The van der Waals surface area contributed by atoms with Crippen molar-refractivity contribution >= 4 is 11.6 Å². The zero-order valence-electron chi connectivity index (χ0n) is 13.3. The molecule has 22 heavy (non-hydrogen) atoms. The van der Waals surface area contributed by atoms with Crippen LogP contribution in [-0.4, -0.2) is 17.9 Å². The average Bonchev–Trinajstić information content (AvgIpc) is 2.73. The molecule has 1 unspecified atom stereocenters. The normalized spacial score (nSPS) is 17.5. The summed E-state index contributed by atoms with van der Waals surface area (Å²) in [5.41, 5.74) is 1.69. The molecule has 1 aromatic carbocycles. The van der Waals surface area contributed by atoms with Gasteiger partial charge in [-0.1, -0.05) is 32.9 Å². The summed E-state index contributed by atoms with van der Waals surface area (Å²) in [4.78, 5) is 18.6. The lowest BCUT2D eigenvalue weighted by atomic mass is 9.77. The first-order valence-electron chi connectivity index (χ1n) is 7.39. The van der Waals surface area contributed by atoms with Gasteiger partial charge >= 0.3 is 0 Å². The maximum Gasteiger partial charge on any atom is 0.235 e. The Morgan fingerprint density at radius 1 is 1.14 bits per heavy atom. The second kappa shape index (κ2) is 5.13. The third-order valence-electron chi connectivity index (χ3n) is 3.99. The SMILES string of the molecule is CN1C(=O)C(C(C)(C)C)c2c(Oc3ccccn3)cccc21. The van der Waals surface area contributed by atoms with Gasteiger partial charge in [-0.05, 0) is 23.6 Å². The number of rotatable bonds is 2. The number of pyridine rings is 1.